The highest BCUT2D eigenvalue weighted by Gasteiger charge is 2.23. The molecule has 2 heterocycles. The molecular formula is C23H24FN5O2. The van der Waals surface area contributed by atoms with Gasteiger partial charge in [-0.05, 0) is 43.3 Å². The Labute approximate surface area is 180 Å². The SMILES string of the molecule is CCOc1ccccc1NC(=O)N1CCN(c2cc(-c3ccc(F)cc3)ncn2)CC1. The molecule has 1 aromatic heterocycles. The Morgan fingerprint density at radius 2 is 1.81 bits per heavy atom. The number of hydrogen-bond donors (Lipinski definition) is 1. The Hall–Kier alpha value is -3.68. The zero-order valence-corrected chi connectivity index (χ0v) is 17.3. The summed E-state index contributed by atoms with van der Waals surface area (Å²) in [4.78, 5) is 25.3. The second-order valence-corrected chi connectivity index (χ2v) is 7.10. The Balaban J connectivity index is 1.38. The third-order valence-electron chi connectivity index (χ3n) is 5.11. The van der Waals surface area contributed by atoms with Crippen LogP contribution in [0.25, 0.3) is 11.3 Å². The lowest BCUT2D eigenvalue weighted by molar-refractivity contribution is 0.208. The van der Waals surface area contributed by atoms with Crippen molar-refractivity contribution in [3.05, 3.63) is 66.7 Å². The number of para-hydroxylation sites is 2. The van der Waals surface area contributed by atoms with Gasteiger partial charge in [-0.25, -0.2) is 19.2 Å². The summed E-state index contributed by atoms with van der Waals surface area (Å²) in [6.07, 6.45) is 1.51. The van der Waals surface area contributed by atoms with E-state index in [1.54, 1.807) is 17.0 Å². The highest BCUT2D eigenvalue weighted by Crippen LogP contribution is 2.25. The van der Waals surface area contributed by atoms with Crippen LogP contribution in [0.15, 0.2) is 60.9 Å². The van der Waals surface area contributed by atoms with Gasteiger partial charge >= 0.3 is 6.03 Å². The molecule has 2 amide bonds. The lowest BCUT2D eigenvalue weighted by Gasteiger charge is -2.35. The molecule has 0 atom stereocenters. The van der Waals surface area contributed by atoms with E-state index in [-0.39, 0.29) is 11.8 Å². The van der Waals surface area contributed by atoms with Crippen LogP contribution in [0.1, 0.15) is 6.92 Å². The second-order valence-electron chi connectivity index (χ2n) is 7.10. The van der Waals surface area contributed by atoms with Crippen LogP contribution in [0.2, 0.25) is 0 Å². The van der Waals surface area contributed by atoms with Crippen molar-refractivity contribution in [1.82, 2.24) is 14.9 Å². The minimum atomic E-state index is -0.281. The van der Waals surface area contributed by atoms with Gasteiger partial charge in [-0.3, -0.25) is 0 Å². The normalized spacial score (nSPS) is 13.7. The molecule has 0 unspecified atom stereocenters. The summed E-state index contributed by atoms with van der Waals surface area (Å²) < 4.78 is 18.8. The van der Waals surface area contributed by atoms with Gasteiger partial charge in [-0.2, -0.15) is 0 Å². The molecule has 3 aromatic rings. The number of carbonyl (C=O) groups is 1. The Kier molecular flexibility index (Phi) is 6.26. The fraction of sp³-hybridized carbons (Fsp3) is 0.261. The molecule has 8 heteroatoms. The molecule has 0 spiro atoms. The summed E-state index contributed by atoms with van der Waals surface area (Å²) in [6.45, 7) is 4.88. The van der Waals surface area contributed by atoms with Crippen molar-refractivity contribution < 1.29 is 13.9 Å². The monoisotopic (exact) mass is 421 g/mol. The molecule has 1 N–H and O–H groups in total. The average Bonchev–Trinajstić information content (AvgIpc) is 2.81. The first-order valence-electron chi connectivity index (χ1n) is 10.2. The number of nitrogens with zero attached hydrogens (tertiary/aromatic N) is 4. The summed E-state index contributed by atoms with van der Waals surface area (Å²) in [6, 6.07) is 15.4. The highest BCUT2D eigenvalue weighted by atomic mass is 19.1. The predicted molar refractivity (Wildman–Crippen MR) is 118 cm³/mol. The zero-order valence-electron chi connectivity index (χ0n) is 17.3. The second kappa shape index (κ2) is 9.42. The Bertz CT molecular complexity index is 1040. The number of piperazine rings is 1. The number of nitrogens with one attached hydrogen (secondary N) is 1. The van der Waals surface area contributed by atoms with Crippen LogP contribution < -0.4 is 15.0 Å². The van der Waals surface area contributed by atoms with Gasteiger partial charge in [-0.1, -0.05) is 12.1 Å². The van der Waals surface area contributed by atoms with Crippen molar-refractivity contribution in [3.63, 3.8) is 0 Å². The van der Waals surface area contributed by atoms with Gasteiger partial charge < -0.3 is 19.9 Å². The van der Waals surface area contributed by atoms with Crippen molar-refractivity contribution in [2.45, 2.75) is 6.92 Å². The van der Waals surface area contributed by atoms with E-state index in [0.29, 0.717) is 44.2 Å². The number of anilines is 2. The van der Waals surface area contributed by atoms with Crippen LogP contribution in [0, 0.1) is 5.82 Å². The largest absolute Gasteiger partial charge is 0.492 e. The van der Waals surface area contributed by atoms with Gasteiger partial charge in [0, 0.05) is 37.8 Å². The minimum Gasteiger partial charge on any atom is -0.492 e. The fourth-order valence-corrected chi connectivity index (χ4v) is 3.48. The number of rotatable bonds is 5. The lowest BCUT2D eigenvalue weighted by atomic mass is 10.1. The summed E-state index contributed by atoms with van der Waals surface area (Å²) in [7, 11) is 0. The summed E-state index contributed by atoms with van der Waals surface area (Å²) >= 11 is 0. The molecule has 0 radical (unpaired) electrons. The number of aromatic nitrogens is 2. The minimum absolute atomic E-state index is 0.151. The first kappa shape index (κ1) is 20.6. The van der Waals surface area contributed by atoms with E-state index >= 15 is 0 Å². The van der Waals surface area contributed by atoms with Crippen molar-refractivity contribution in [2.24, 2.45) is 0 Å². The van der Waals surface area contributed by atoms with E-state index in [0.717, 1.165) is 17.1 Å². The van der Waals surface area contributed by atoms with E-state index in [2.05, 4.69) is 20.2 Å². The maximum absolute atomic E-state index is 13.2. The number of urea groups is 1. The van der Waals surface area contributed by atoms with Crippen LogP contribution in [-0.2, 0) is 0 Å². The molecule has 0 aliphatic carbocycles. The summed E-state index contributed by atoms with van der Waals surface area (Å²) in [5, 5.41) is 2.94. The van der Waals surface area contributed by atoms with E-state index in [1.807, 2.05) is 37.3 Å². The number of halogens is 1. The third-order valence-corrected chi connectivity index (χ3v) is 5.11. The number of benzene rings is 2. The van der Waals surface area contributed by atoms with Crippen LogP contribution in [0.4, 0.5) is 20.7 Å². The number of amides is 2. The van der Waals surface area contributed by atoms with E-state index in [1.165, 1.54) is 18.5 Å². The van der Waals surface area contributed by atoms with Gasteiger partial charge in [0.25, 0.3) is 0 Å². The van der Waals surface area contributed by atoms with Gasteiger partial charge in [0.2, 0.25) is 0 Å². The van der Waals surface area contributed by atoms with Crippen molar-refractivity contribution in [1.29, 1.82) is 0 Å². The molecule has 0 bridgehead atoms. The predicted octanol–water partition coefficient (Wildman–Crippen LogP) is 4.04. The van der Waals surface area contributed by atoms with Gasteiger partial charge in [-0.15, -0.1) is 0 Å². The average molecular weight is 421 g/mol. The zero-order chi connectivity index (χ0) is 21.6. The Morgan fingerprint density at radius 1 is 1.06 bits per heavy atom. The molecule has 7 nitrogen and oxygen atoms in total. The van der Waals surface area contributed by atoms with Crippen molar-refractivity contribution >= 4 is 17.5 Å². The Morgan fingerprint density at radius 3 is 2.55 bits per heavy atom. The van der Waals surface area contributed by atoms with Gasteiger partial charge in [0.15, 0.2) is 0 Å². The maximum Gasteiger partial charge on any atom is 0.322 e. The van der Waals surface area contributed by atoms with Crippen LogP contribution in [0.5, 0.6) is 5.75 Å². The maximum atomic E-state index is 13.2. The highest BCUT2D eigenvalue weighted by molar-refractivity contribution is 5.91. The molecule has 0 saturated carbocycles. The van der Waals surface area contributed by atoms with E-state index < -0.39 is 0 Å². The molecule has 31 heavy (non-hydrogen) atoms. The standard InChI is InChI=1S/C23H24FN5O2/c1-2-31-21-6-4-3-5-19(21)27-23(30)29-13-11-28(12-14-29)22-15-20(25-16-26-22)17-7-9-18(24)10-8-17/h3-10,15-16H,2,11-14H2,1H3,(H,27,30). The van der Waals surface area contributed by atoms with Gasteiger partial charge in [0.05, 0.1) is 18.0 Å². The van der Waals surface area contributed by atoms with Crippen LogP contribution >= 0.6 is 0 Å². The first-order chi connectivity index (χ1) is 15.1. The fourth-order valence-electron chi connectivity index (χ4n) is 3.48. The lowest BCUT2D eigenvalue weighted by Crippen LogP contribution is -2.50. The van der Waals surface area contributed by atoms with Crippen LogP contribution in [-0.4, -0.2) is 53.7 Å². The third kappa shape index (κ3) is 4.91. The molecule has 1 saturated heterocycles. The summed E-state index contributed by atoms with van der Waals surface area (Å²) in [5.41, 5.74) is 2.23. The summed E-state index contributed by atoms with van der Waals surface area (Å²) in [5.74, 6) is 1.17. The number of ether oxygens (including phenoxy) is 1. The van der Waals surface area contributed by atoms with Crippen molar-refractivity contribution in [3.8, 4) is 17.0 Å². The van der Waals surface area contributed by atoms with E-state index in [9.17, 15) is 9.18 Å². The first-order valence-corrected chi connectivity index (χ1v) is 10.2. The van der Waals surface area contributed by atoms with E-state index in [4.69, 9.17) is 4.74 Å². The molecular weight excluding hydrogens is 397 g/mol. The molecule has 4 rings (SSSR count). The molecule has 160 valence electrons. The number of carbonyl (C=O) groups excluding carboxylic acids is 1. The quantitative estimate of drug-likeness (QED) is 0.673. The van der Waals surface area contributed by atoms with Gasteiger partial charge in [0.1, 0.15) is 23.7 Å². The smallest absolute Gasteiger partial charge is 0.322 e. The van der Waals surface area contributed by atoms with Crippen LogP contribution in [0.3, 0.4) is 0 Å². The molecule has 1 aliphatic heterocycles. The molecule has 1 aliphatic rings. The topological polar surface area (TPSA) is 70.6 Å². The molecule has 1 fully saturated rings. The molecule has 2 aromatic carbocycles. The van der Waals surface area contributed by atoms with Crippen molar-refractivity contribution in [2.75, 3.05) is 43.0 Å². The number of hydrogen-bond acceptors (Lipinski definition) is 5.